The summed E-state index contributed by atoms with van der Waals surface area (Å²) in [6.07, 6.45) is -26.5. The molecule has 22 heteroatoms. The number of rotatable bonds is 10. The Labute approximate surface area is 307 Å². The molecule has 0 bridgehead atoms. The number of phenolic OH excluding ortho intramolecular Hbond substituents is 3. The number of aliphatic hydroxyl groups excluding tert-OH is 11. The molecule has 3 aliphatic heterocycles. The van der Waals surface area contributed by atoms with Gasteiger partial charge in [-0.05, 0) is 18.2 Å². The van der Waals surface area contributed by atoms with Crippen molar-refractivity contribution < 1.29 is 104 Å². The Balaban J connectivity index is 1.33. The second-order valence-electron chi connectivity index (χ2n) is 13.1. The third-order valence-corrected chi connectivity index (χ3v) is 9.42. The van der Waals surface area contributed by atoms with Crippen molar-refractivity contribution in [3.8, 4) is 40.1 Å². The van der Waals surface area contributed by atoms with E-state index in [9.17, 15) is 76.3 Å². The van der Waals surface area contributed by atoms with Crippen LogP contribution in [0.5, 0.6) is 28.7 Å². The molecule has 1 aromatic heterocycles. The van der Waals surface area contributed by atoms with Gasteiger partial charge in [0.25, 0.3) is 0 Å². The Morgan fingerprint density at radius 3 is 1.67 bits per heavy atom. The standard InChI is InChI=1S/C33H40O22/c34-6-15-19(39)23(43)26(46)31(52-15)49-8-17-21(41)25(45)28(48)33(54-17)55-30-22(42)18-13(38)4-10(50-32-27(47)24(44)20(40)16(7-35)53-32)5-14(18)51-29(30)9-1-2-11(36)12(37)3-9/h1-5,15-17,19-21,23-28,31-41,43-48H,6-8H2. The van der Waals surface area contributed by atoms with Gasteiger partial charge in [0.2, 0.25) is 23.8 Å². The van der Waals surface area contributed by atoms with Gasteiger partial charge in [0.05, 0.1) is 19.8 Å². The first-order valence-corrected chi connectivity index (χ1v) is 16.7. The fourth-order valence-electron chi connectivity index (χ4n) is 6.25. The minimum Gasteiger partial charge on any atom is -0.507 e. The number of phenols is 3. The topological polar surface area (TPSA) is 369 Å². The first-order valence-electron chi connectivity index (χ1n) is 16.7. The molecule has 14 N–H and O–H groups in total. The van der Waals surface area contributed by atoms with Crippen LogP contribution in [0.15, 0.2) is 39.5 Å². The molecule has 4 heterocycles. The minimum absolute atomic E-state index is 0.141. The number of benzene rings is 2. The van der Waals surface area contributed by atoms with Crippen LogP contribution >= 0.6 is 0 Å². The van der Waals surface area contributed by atoms with Gasteiger partial charge in [-0.2, -0.15) is 0 Å². The van der Waals surface area contributed by atoms with Crippen LogP contribution in [0.1, 0.15) is 0 Å². The van der Waals surface area contributed by atoms with Gasteiger partial charge in [-0.1, -0.05) is 0 Å². The van der Waals surface area contributed by atoms with E-state index in [2.05, 4.69) is 0 Å². The molecule has 15 unspecified atom stereocenters. The van der Waals surface area contributed by atoms with Crippen molar-refractivity contribution in [1.82, 2.24) is 0 Å². The van der Waals surface area contributed by atoms with Gasteiger partial charge in [-0.3, -0.25) is 4.79 Å². The highest BCUT2D eigenvalue weighted by atomic mass is 16.7. The second-order valence-corrected chi connectivity index (χ2v) is 13.1. The normalized spacial score (nSPS) is 36.8. The Morgan fingerprint density at radius 2 is 1.09 bits per heavy atom. The SMILES string of the molecule is O=c1c(OC2OC(COC3OC(CO)C(O)C(O)C3O)C(O)C(O)C2O)c(-c2ccc(O)c(O)c2)oc2cc(OC3OC(CO)C(O)C(O)C3O)cc(O)c12. The molecule has 15 atom stereocenters. The molecule has 6 rings (SSSR count). The molecule has 2 aromatic carbocycles. The van der Waals surface area contributed by atoms with Crippen LogP contribution in [-0.4, -0.2) is 183 Å². The lowest BCUT2D eigenvalue weighted by Crippen LogP contribution is -2.62. The molecule has 3 aromatic rings. The van der Waals surface area contributed by atoms with Gasteiger partial charge >= 0.3 is 0 Å². The molecule has 22 nitrogen and oxygen atoms in total. The molecule has 304 valence electrons. The highest BCUT2D eigenvalue weighted by Crippen LogP contribution is 2.40. The third kappa shape index (κ3) is 7.76. The van der Waals surface area contributed by atoms with Crippen LogP contribution in [0.25, 0.3) is 22.3 Å². The highest BCUT2D eigenvalue weighted by molar-refractivity contribution is 5.88. The number of ether oxygens (including phenoxy) is 6. The molecule has 0 aliphatic carbocycles. The van der Waals surface area contributed by atoms with Crippen molar-refractivity contribution in [3.05, 3.63) is 40.6 Å². The Bertz CT molecular complexity index is 1870. The summed E-state index contributed by atoms with van der Waals surface area (Å²) < 4.78 is 38.9. The van der Waals surface area contributed by atoms with Crippen LogP contribution < -0.4 is 14.9 Å². The monoisotopic (exact) mass is 788 g/mol. The van der Waals surface area contributed by atoms with Crippen LogP contribution in [0, 0.1) is 0 Å². The van der Waals surface area contributed by atoms with E-state index in [4.69, 9.17) is 32.8 Å². The van der Waals surface area contributed by atoms with Crippen molar-refractivity contribution in [2.75, 3.05) is 19.8 Å². The van der Waals surface area contributed by atoms with E-state index < -0.39 is 157 Å². The van der Waals surface area contributed by atoms with Crippen molar-refractivity contribution in [3.63, 3.8) is 0 Å². The van der Waals surface area contributed by atoms with E-state index in [1.165, 1.54) is 6.07 Å². The Kier molecular flexibility index (Phi) is 12.0. The predicted octanol–water partition coefficient (Wildman–Crippen LogP) is -5.24. The lowest BCUT2D eigenvalue weighted by molar-refractivity contribution is -0.323. The Morgan fingerprint density at radius 1 is 0.564 bits per heavy atom. The maximum Gasteiger partial charge on any atom is 0.239 e. The fraction of sp³-hybridized carbons (Fsp3) is 0.545. The zero-order chi connectivity index (χ0) is 40.0. The number of aliphatic hydroxyl groups is 11. The summed E-state index contributed by atoms with van der Waals surface area (Å²) in [5, 5.41) is 143. The van der Waals surface area contributed by atoms with Gasteiger partial charge in [0.15, 0.2) is 23.5 Å². The summed E-state index contributed by atoms with van der Waals surface area (Å²) in [5.74, 6) is -3.74. The average Bonchev–Trinajstić information content (AvgIpc) is 3.16. The third-order valence-electron chi connectivity index (χ3n) is 9.42. The molecular weight excluding hydrogens is 748 g/mol. The van der Waals surface area contributed by atoms with E-state index >= 15 is 0 Å². The molecule has 0 saturated carbocycles. The molecule has 0 amide bonds. The molecule has 0 spiro atoms. The van der Waals surface area contributed by atoms with Gasteiger partial charge in [-0.15, -0.1) is 0 Å². The molecule has 55 heavy (non-hydrogen) atoms. The number of hydrogen-bond acceptors (Lipinski definition) is 22. The summed E-state index contributed by atoms with van der Waals surface area (Å²) >= 11 is 0. The van der Waals surface area contributed by atoms with E-state index in [0.29, 0.717) is 0 Å². The summed E-state index contributed by atoms with van der Waals surface area (Å²) in [7, 11) is 0. The smallest absolute Gasteiger partial charge is 0.239 e. The first kappa shape index (κ1) is 40.7. The van der Waals surface area contributed by atoms with Gasteiger partial charge in [0, 0.05) is 17.7 Å². The fourth-order valence-corrected chi connectivity index (χ4v) is 6.25. The van der Waals surface area contributed by atoms with Crippen molar-refractivity contribution in [2.24, 2.45) is 0 Å². The summed E-state index contributed by atoms with van der Waals surface area (Å²) in [6.45, 7) is -2.28. The van der Waals surface area contributed by atoms with E-state index in [0.717, 1.165) is 24.3 Å². The van der Waals surface area contributed by atoms with Crippen LogP contribution in [0.3, 0.4) is 0 Å². The van der Waals surface area contributed by atoms with Gasteiger partial charge < -0.3 is 104 Å². The average molecular weight is 789 g/mol. The molecule has 3 aliphatic rings. The zero-order valence-electron chi connectivity index (χ0n) is 28.2. The quantitative estimate of drug-likeness (QED) is 0.0853. The molecule has 3 saturated heterocycles. The van der Waals surface area contributed by atoms with Crippen LogP contribution in [0.4, 0.5) is 0 Å². The summed E-state index contributed by atoms with van der Waals surface area (Å²) in [5.41, 5.74) is -1.71. The van der Waals surface area contributed by atoms with Crippen LogP contribution in [0.2, 0.25) is 0 Å². The number of aromatic hydroxyl groups is 3. The maximum absolute atomic E-state index is 14.1. The lowest BCUT2D eigenvalue weighted by Gasteiger charge is -2.42. The summed E-state index contributed by atoms with van der Waals surface area (Å²) in [6, 6.07) is 5.08. The largest absolute Gasteiger partial charge is 0.507 e. The number of hydrogen-bond donors (Lipinski definition) is 14. The lowest BCUT2D eigenvalue weighted by atomic mass is 9.98. The zero-order valence-corrected chi connectivity index (χ0v) is 28.2. The van der Waals surface area contributed by atoms with Crippen molar-refractivity contribution in [2.45, 2.75) is 92.1 Å². The van der Waals surface area contributed by atoms with E-state index in [-0.39, 0.29) is 11.3 Å². The maximum atomic E-state index is 14.1. The summed E-state index contributed by atoms with van der Waals surface area (Å²) in [4.78, 5) is 14.1. The predicted molar refractivity (Wildman–Crippen MR) is 174 cm³/mol. The minimum atomic E-state index is -2.09. The first-order chi connectivity index (χ1) is 26.1. The number of fused-ring (bicyclic) bond motifs is 1. The second kappa shape index (κ2) is 16.3. The van der Waals surface area contributed by atoms with Crippen molar-refractivity contribution >= 4 is 11.0 Å². The molecular formula is C33H40O22. The van der Waals surface area contributed by atoms with Gasteiger partial charge in [-0.25, -0.2) is 0 Å². The Hall–Kier alpha value is -3.95. The molecule has 0 radical (unpaired) electrons. The van der Waals surface area contributed by atoms with Crippen LogP contribution in [-0.2, 0) is 18.9 Å². The highest BCUT2D eigenvalue weighted by Gasteiger charge is 2.49. The van der Waals surface area contributed by atoms with Crippen molar-refractivity contribution in [1.29, 1.82) is 0 Å². The van der Waals surface area contributed by atoms with E-state index in [1.807, 2.05) is 0 Å². The van der Waals surface area contributed by atoms with Gasteiger partial charge in [0.1, 0.15) is 95.7 Å². The van der Waals surface area contributed by atoms with E-state index in [1.54, 1.807) is 0 Å². The molecule has 3 fully saturated rings.